The first-order valence-electron chi connectivity index (χ1n) is 3.88. The summed E-state index contributed by atoms with van der Waals surface area (Å²) >= 11 is 0. The van der Waals surface area contributed by atoms with Crippen LogP contribution in [0, 0.1) is 0 Å². The van der Waals surface area contributed by atoms with E-state index in [0.29, 0.717) is 0 Å². The van der Waals surface area contributed by atoms with Gasteiger partial charge in [0.15, 0.2) is 0 Å². The van der Waals surface area contributed by atoms with Crippen molar-refractivity contribution in [2.45, 2.75) is 37.4 Å². The third-order valence-electron chi connectivity index (χ3n) is 2.16. The molecular weight excluding hydrogens is 164 g/mol. The lowest BCUT2D eigenvalue weighted by Crippen LogP contribution is -2.39. The normalized spacial score (nSPS) is 21.9. The fourth-order valence-electron chi connectivity index (χ4n) is 1.47. The smallest absolute Gasteiger partial charge is 0.226 e. The molecule has 3 N–H and O–H groups in total. The quantitative estimate of drug-likeness (QED) is 0.465. The van der Waals surface area contributed by atoms with E-state index in [1.54, 1.807) is 0 Å². The van der Waals surface area contributed by atoms with Gasteiger partial charge in [0.05, 0.1) is 5.25 Å². The Morgan fingerprint density at radius 2 is 1.73 bits per heavy atom. The molecule has 0 saturated heterocycles. The number of hydrogen-bond acceptors (Lipinski definition) is 3. The van der Waals surface area contributed by atoms with Crippen LogP contribution in [-0.2, 0) is 10.0 Å². The lowest BCUT2D eigenvalue weighted by Gasteiger charge is -2.20. The van der Waals surface area contributed by atoms with Crippen molar-refractivity contribution in [2.24, 2.45) is 5.84 Å². The van der Waals surface area contributed by atoms with E-state index < -0.39 is 10.0 Å². The molecule has 0 radical (unpaired) electrons. The molecule has 1 saturated carbocycles. The van der Waals surface area contributed by atoms with Crippen LogP contribution in [0.2, 0.25) is 0 Å². The summed E-state index contributed by atoms with van der Waals surface area (Å²) in [7, 11) is -3.19. The Balaban J connectivity index is 2.58. The van der Waals surface area contributed by atoms with E-state index >= 15 is 0 Å². The molecule has 5 heteroatoms. The summed E-state index contributed by atoms with van der Waals surface area (Å²) in [6.07, 6.45) is 4.67. The molecule has 0 atom stereocenters. The van der Waals surface area contributed by atoms with Crippen molar-refractivity contribution in [2.75, 3.05) is 0 Å². The van der Waals surface area contributed by atoms with Gasteiger partial charge in [-0.15, -0.1) is 0 Å². The summed E-state index contributed by atoms with van der Waals surface area (Å²) < 4.78 is 22.2. The number of rotatable bonds is 2. The highest BCUT2D eigenvalue weighted by molar-refractivity contribution is 7.90. The number of sulfonamides is 1. The van der Waals surface area contributed by atoms with Crippen LogP contribution in [0.5, 0.6) is 0 Å². The first-order valence-corrected chi connectivity index (χ1v) is 5.42. The SMILES string of the molecule is NNS(=O)(=O)C1CCCCC1. The van der Waals surface area contributed by atoms with Crippen LogP contribution in [0.3, 0.4) is 0 Å². The summed E-state index contributed by atoms with van der Waals surface area (Å²) in [6.45, 7) is 0. The Bertz CT molecular complexity index is 207. The second kappa shape index (κ2) is 3.51. The minimum atomic E-state index is -3.19. The Kier molecular flexibility index (Phi) is 2.86. The standard InChI is InChI=1S/C6H14N2O2S/c7-8-11(9,10)6-4-2-1-3-5-6/h6,8H,1-5,7H2. The molecule has 4 nitrogen and oxygen atoms in total. The Morgan fingerprint density at radius 3 is 2.18 bits per heavy atom. The summed E-state index contributed by atoms with van der Waals surface area (Å²) in [4.78, 5) is 1.88. The van der Waals surface area contributed by atoms with Crippen molar-refractivity contribution in [3.05, 3.63) is 0 Å². The first kappa shape index (κ1) is 8.96. The number of hydrogen-bond donors (Lipinski definition) is 2. The molecule has 0 amide bonds. The average molecular weight is 178 g/mol. The molecule has 1 rings (SSSR count). The van der Waals surface area contributed by atoms with E-state index in [4.69, 9.17) is 5.84 Å². The summed E-state index contributed by atoms with van der Waals surface area (Å²) in [5.74, 6) is 4.90. The molecule has 0 bridgehead atoms. The maximum atomic E-state index is 11.1. The molecule has 0 aliphatic heterocycles. The molecule has 1 aliphatic rings. The molecule has 1 fully saturated rings. The van der Waals surface area contributed by atoms with E-state index in [1.807, 2.05) is 4.83 Å². The fourth-order valence-corrected chi connectivity index (χ4v) is 2.62. The molecule has 0 heterocycles. The fraction of sp³-hybridized carbons (Fsp3) is 1.00. The first-order chi connectivity index (χ1) is 5.17. The van der Waals surface area contributed by atoms with Gasteiger partial charge in [-0.1, -0.05) is 19.3 Å². The average Bonchev–Trinajstić information content (AvgIpc) is 2.06. The van der Waals surface area contributed by atoms with Gasteiger partial charge in [0.2, 0.25) is 10.0 Å². The van der Waals surface area contributed by atoms with Gasteiger partial charge in [0.25, 0.3) is 0 Å². The number of hydrazine groups is 1. The molecule has 0 unspecified atom stereocenters. The van der Waals surface area contributed by atoms with Crippen molar-refractivity contribution < 1.29 is 8.42 Å². The van der Waals surface area contributed by atoms with E-state index in [2.05, 4.69) is 0 Å². The third-order valence-corrected chi connectivity index (χ3v) is 3.83. The van der Waals surface area contributed by atoms with Crippen molar-refractivity contribution in [3.63, 3.8) is 0 Å². The lowest BCUT2D eigenvalue weighted by molar-refractivity contribution is 0.478. The summed E-state index contributed by atoms with van der Waals surface area (Å²) in [5.41, 5.74) is 0. The Labute approximate surface area is 67.2 Å². The zero-order valence-corrected chi connectivity index (χ0v) is 7.23. The minimum absolute atomic E-state index is 0.249. The van der Waals surface area contributed by atoms with Crippen molar-refractivity contribution in [1.82, 2.24) is 4.83 Å². The zero-order valence-electron chi connectivity index (χ0n) is 6.41. The van der Waals surface area contributed by atoms with Crippen LogP contribution in [0.4, 0.5) is 0 Å². The van der Waals surface area contributed by atoms with E-state index in [9.17, 15) is 8.42 Å². The van der Waals surface area contributed by atoms with Crippen LogP contribution in [0.15, 0.2) is 0 Å². The highest BCUT2D eigenvalue weighted by Crippen LogP contribution is 2.22. The molecule has 66 valence electrons. The number of nitrogens with two attached hydrogens (primary N) is 1. The largest absolute Gasteiger partial charge is 0.258 e. The topological polar surface area (TPSA) is 72.2 Å². The van der Waals surface area contributed by atoms with E-state index in [1.165, 1.54) is 0 Å². The Morgan fingerprint density at radius 1 is 1.18 bits per heavy atom. The molecule has 0 spiro atoms. The second-order valence-electron chi connectivity index (χ2n) is 2.92. The molecule has 0 aromatic rings. The van der Waals surface area contributed by atoms with Gasteiger partial charge >= 0.3 is 0 Å². The molecule has 0 aromatic carbocycles. The maximum absolute atomic E-state index is 11.1. The van der Waals surface area contributed by atoms with Crippen LogP contribution in [-0.4, -0.2) is 13.7 Å². The van der Waals surface area contributed by atoms with Crippen molar-refractivity contribution in [1.29, 1.82) is 0 Å². The minimum Gasteiger partial charge on any atom is -0.258 e. The van der Waals surface area contributed by atoms with E-state index in [0.717, 1.165) is 32.1 Å². The van der Waals surface area contributed by atoms with Gasteiger partial charge in [0, 0.05) is 0 Å². The lowest BCUT2D eigenvalue weighted by atomic mass is 10.0. The van der Waals surface area contributed by atoms with Crippen molar-refractivity contribution in [3.8, 4) is 0 Å². The monoisotopic (exact) mass is 178 g/mol. The summed E-state index contributed by atoms with van der Waals surface area (Å²) in [5, 5.41) is -0.249. The molecule has 11 heavy (non-hydrogen) atoms. The zero-order chi connectivity index (χ0) is 8.32. The highest BCUT2D eigenvalue weighted by Gasteiger charge is 2.25. The van der Waals surface area contributed by atoms with Gasteiger partial charge in [-0.05, 0) is 12.8 Å². The van der Waals surface area contributed by atoms with Crippen LogP contribution < -0.4 is 10.7 Å². The second-order valence-corrected chi connectivity index (χ2v) is 4.92. The highest BCUT2D eigenvalue weighted by atomic mass is 32.2. The van der Waals surface area contributed by atoms with Crippen molar-refractivity contribution >= 4 is 10.0 Å². The van der Waals surface area contributed by atoms with E-state index in [-0.39, 0.29) is 5.25 Å². The van der Waals surface area contributed by atoms with Crippen LogP contribution in [0.1, 0.15) is 32.1 Å². The van der Waals surface area contributed by atoms with Gasteiger partial charge in [-0.25, -0.2) is 8.42 Å². The van der Waals surface area contributed by atoms with Gasteiger partial charge in [-0.2, -0.15) is 4.83 Å². The van der Waals surface area contributed by atoms with Gasteiger partial charge in [-0.3, -0.25) is 5.84 Å². The van der Waals surface area contributed by atoms with Gasteiger partial charge < -0.3 is 0 Å². The van der Waals surface area contributed by atoms with Crippen LogP contribution in [0.25, 0.3) is 0 Å². The molecule has 1 aliphatic carbocycles. The predicted molar refractivity (Wildman–Crippen MR) is 43.1 cm³/mol. The summed E-state index contributed by atoms with van der Waals surface area (Å²) in [6, 6.07) is 0. The number of nitrogens with one attached hydrogen (secondary N) is 1. The molecule has 0 aromatic heterocycles. The Hall–Kier alpha value is -0.130. The van der Waals surface area contributed by atoms with Crippen LogP contribution >= 0.6 is 0 Å². The maximum Gasteiger partial charge on any atom is 0.226 e. The third kappa shape index (κ3) is 2.15. The molecular formula is C6H14N2O2S. The predicted octanol–water partition coefficient (Wildman–Crippen LogP) is 0.112. The van der Waals surface area contributed by atoms with Gasteiger partial charge in [0.1, 0.15) is 0 Å².